The molecule has 1 aromatic carbocycles. The number of nitrogens with zero attached hydrogens (tertiary/aromatic N) is 1. The number of oxime groups is 1. The number of para-hydroxylation sites is 2. The van der Waals surface area contributed by atoms with Crippen LogP contribution in [0.1, 0.15) is 0 Å². The molecule has 0 aliphatic carbocycles. The van der Waals surface area contributed by atoms with Gasteiger partial charge in [0.05, 0.1) is 11.4 Å². The van der Waals surface area contributed by atoms with Gasteiger partial charge in [0.25, 0.3) is 11.6 Å². The standard InChI is InChI=1S/C13H8F9N3O3/c14-10(15,11(16,17)12(18,19)13(20,21)22)9(27)7(25-28)8(26)23-5-3-1-2-4-6(5)24-9/h1-4,24,27-28H,(H,23,26)/b25-7+. The van der Waals surface area contributed by atoms with Gasteiger partial charge in [0.1, 0.15) is 0 Å². The largest absolute Gasteiger partial charge is 0.460 e. The summed E-state index contributed by atoms with van der Waals surface area (Å²) >= 11 is 0. The number of hydrogen-bond donors (Lipinski definition) is 4. The summed E-state index contributed by atoms with van der Waals surface area (Å²) in [5.41, 5.74) is -8.50. The molecule has 1 atom stereocenters. The van der Waals surface area contributed by atoms with Crippen LogP contribution in [-0.2, 0) is 4.79 Å². The number of carbonyl (C=O) groups excluding carboxylic acids is 1. The van der Waals surface area contributed by atoms with Gasteiger partial charge in [-0.05, 0) is 12.1 Å². The molecule has 0 fully saturated rings. The molecule has 1 aliphatic rings. The molecule has 4 N–H and O–H groups in total. The summed E-state index contributed by atoms with van der Waals surface area (Å²) in [5.74, 6) is -23.3. The Hall–Kier alpha value is -2.71. The van der Waals surface area contributed by atoms with E-state index < -0.39 is 52.7 Å². The monoisotopic (exact) mass is 425 g/mol. The highest BCUT2D eigenvalue weighted by atomic mass is 19.4. The van der Waals surface area contributed by atoms with Crippen LogP contribution < -0.4 is 10.6 Å². The minimum Gasteiger partial charge on any atom is -0.410 e. The number of benzene rings is 1. The van der Waals surface area contributed by atoms with E-state index in [2.05, 4.69) is 0 Å². The van der Waals surface area contributed by atoms with Gasteiger partial charge in [0.15, 0.2) is 0 Å². The molecule has 1 heterocycles. The molecule has 1 aromatic rings. The van der Waals surface area contributed by atoms with Crippen molar-refractivity contribution in [1.82, 2.24) is 0 Å². The van der Waals surface area contributed by atoms with Gasteiger partial charge in [-0.2, -0.15) is 39.5 Å². The number of nitrogens with one attached hydrogen (secondary N) is 2. The molecule has 1 unspecified atom stereocenters. The Bertz CT molecular complexity index is 825. The molecular weight excluding hydrogens is 417 g/mol. The first-order chi connectivity index (χ1) is 12.5. The van der Waals surface area contributed by atoms with Crippen molar-refractivity contribution in [1.29, 1.82) is 0 Å². The number of halogens is 9. The predicted molar refractivity (Wildman–Crippen MR) is 73.8 cm³/mol. The summed E-state index contributed by atoms with van der Waals surface area (Å²) in [4.78, 5) is 11.9. The molecule has 6 nitrogen and oxygen atoms in total. The van der Waals surface area contributed by atoms with E-state index in [-0.39, 0.29) is 0 Å². The third-order valence-corrected chi connectivity index (χ3v) is 3.75. The number of hydrogen-bond acceptors (Lipinski definition) is 5. The van der Waals surface area contributed by atoms with E-state index in [0.717, 1.165) is 18.2 Å². The second kappa shape index (κ2) is 6.15. The number of anilines is 2. The first kappa shape index (κ1) is 21.6. The number of fused-ring (bicyclic) bond motifs is 1. The van der Waals surface area contributed by atoms with Crippen LogP contribution in [0.3, 0.4) is 0 Å². The van der Waals surface area contributed by atoms with Crippen LogP contribution >= 0.6 is 0 Å². The van der Waals surface area contributed by atoms with Crippen molar-refractivity contribution in [3.05, 3.63) is 24.3 Å². The van der Waals surface area contributed by atoms with E-state index in [4.69, 9.17) is 5.21 Å². The Morgan fingerprint density at radius 1 is 0.893 bits per heavy atom. The normalized spacial score (nSPS) is 22.9. The summed E-state index contributed by atoms with van der Waals surface area (Å²) in [7, 11) is 0. The maximum Gasteiger partial charge on any atom is 0.460 e. The first-order valence-electron chi connectivity index (χ1n) is 6.88. The van der Waals surface area contributed by atoms with Crippen LogP contribution in [0.5, 0.6) is 0 Å². The molecule has 0 saturated heterocycles. The van der Waals surface area contributed by atoms with Gasteiger partial charge in [-0.1, -0.05) is 17.3 Å². The van der Waals surface area contributed by atoms with E-state index in [1.54, 1.807) is 5.32 Å². The topological polar surface area (TPSA) is 94.0 Å². The zero-order valence-corrected chi connectivity index (χ0v) is 13.0. The van der Waals surface area contributed by atoms with Gasteiger partial charge in [0.2, 0.25) is 5.71 Å². The quantitative estimate of drug-likeness (QED) is 0.340. The van der Waals surface area contributed by atoms with Crippen LogP contribution in [0.2, 0.25) is 0 Å². The summed E-state index contributed by atoms with van der Waals surface area (Å²) < 4.78 is 119. The lowest BCUT2D eigenvalue weighted by Crippen LogP contribution is -2.73. The zero-order chi connectivity index (χ0) is 21.8. The maximum atomic E-state index is 14.4. The van der Waals surface area contributed by atoms with Gasteiger partial charge in [-0.25, -0.2) is 0 Å². The van der Waals surface area contributed by atoms with Crippen molar-refractivity contribution in [2.24, 2.45) is 5.16 Å². The molecular formula is C13H8F9N3O3. The molecule has 0 spiro atoms. The summed E-state index contributed by atoms with van der Waals surface area (Å²) in [6.45, 7) is 0. The Labute approximate surface area is 148 Å². The van der Waals surface area contributed by atoms with Crippen molar-refractivity contribution in [3.8, 4) is 0 Å². The zero-order valence-electron chi connectivity index (χ0n) is 13.0. The van der Waals surface area contributed by atoms with E-state index in [9.17, 15) is 49.4 Å². The third kappa shape index (κ3) is 2.71. The molecule has 28 heavy (non-hydrogen) atoms. The smallest absolute Gasteiger partial charge is 0.410 e. The van der Waals surface area contributed by atoms with Crippen LogP contribution in [0.15, 0.2) is 29.4 Å². The SMILES string of the molecule is O=C1Nc2ccccc2NC(O)(C(F)(F)C(F)(F)C(F)(F)C(F)(F)F)/C1=N/O. The number of carbonyl (C=O) groups is 1. The third-order valence-electron chi connectivity index (χ3n) is 3.75. The lowest BCUT2D eigenvalue weighted by Gasteiger charge is -2.41. The molecule has 1 amide bonds. The Balaban J connectivity index is 2.74. The van der Waals surface area contributed by atoms with Crippen molar-refractivity contribution >= 4 is 23.0 Å². The molecule has 2 rings (SSSR count). The molecule has 0 bridgehead atoms. The highest BCUT2D eigenvalue weighted by Gasteiger charge is 2.87. The Morgan fingerprint density at radius 2 is 1.39 bits per heavy atom. The van der Waals surface area contributed by atoms with E-state index in [1.807, 2.05) is 5.16 Å². The Kier molecular flexibility index (Phi) is 4.74. The lowest BCUT2D eigenvalue weighted by molar-refractivity contribution is -0.408. The van der Waals surface area contributed by atoms with Gasteiger partial charge in [-0.3, -0.25) is 4.79 Å². The van der Waals surface area contributed by atoms with E-state index in [0.29, 0.717) is 0 Å². The average molecular weight is 425 g/mol. The van der Waals surface area contributed by atoms with Crippen LogP contribution in [0.25, 0.3) is 0 Å². The van der Waals surface area contributed by atoms with Crippen molar-refractivity contribution in [2.45, 2.75) is 29.7 Å². The second-order valence-electron chi connectivity index (χ2n) is 5.50. The van der Waals surface area contributed by atoms with Crippen molar-refractivity contribution < 1.29 is 54.6 Å². The minimum absolute atomic E-state index is 0.466. The van der Waals surface area contributed by atoms with Gasteiger partial charge < -0.3 is 20.9 Å². The number of rotatable bonds is 3. The number of aliphatic hydroxyl groups is 1. The molecule has 0 saturated carbocycles. The summed E-state index contributed by atoms with van der Waals surface area (Å²) in [6.07, 6.45) is -7.16. The summed E-state index contributed by atoms with van der Waals surface area (Å²) in [5, 5.41) is 23.6. The number of alkyl halides is 9. The predicted octanol–water partition coefficient (Wildman–Crippen LogP) is 3.04. The molecule has 0 radical (unpaired) electrons. The van der Waals surface area contributed by atoms with E-state index in [1.165, 1.54) is 11.4 Å². The fraction of sp³-hybridized carbons (Fsp3) is 0.385. The molecule has 0 aromatic heterocycles. The maximum absolute atomic E-state index is 14.4. The molecule has 156 valence electrons. The van der Waals surface area contributed by atoms with Crippen molar-refractivity contribution in [3.63, 3.8) is 0 Å². The minimum atomic E-state index is -7.34. The highest BCUT2D eigenvalue weighted by Crippen LogP contribution is 2.56. The molecule has 1 aliphatic heterocycles. The highest BCUT2D eigenvalue weighted by molar-refractivity contribution is 6.47. The van der Waals surface area contributed by atoms with Gasteiger partial charge in [0, 0.05) is 0 Å². The second-order valence-corrected chi connectivity index (χ2v) is 5.50. The first-order valence-corrected chi connectivity index (χ1v) is 6.88. The average Bonchev–Trinajstić information content (AvgIpc) is 2.66. The van der Waals surface area contributed by atoms with Gasteiger partial charge >= 0.3 is 23.9 Å². The van der Waals surface area contributed by atoms with Crippen LogP contribution in [0, 0.1) is 0 Å². The van der Waals surface area contributed by atoms with Crippen LogP contribution in [0.4, 0.5) is 50.9 Å². The van der Waals surface area contributed by atoms with Gasteiger partial charge in [-0.15, -0.1) is 0 Å². The fourth-order valence-electron chi connectivity index (χ4n) is 2.25. The fourth-order valence-corrected chi connectivity index (χ4v) is 2.25. The summed E-state index contributed by atoms with van der Waals surface area (Å²) in [6, 6.07) is 4.00. The Morgan fingerprint density at radius 3 is 1.86 bits per heavy atom. The van der Waals surface area contributed by atoms with E-state index >= 15 is 0 Å². The lowest BCUT2D eigenvalue weighted by atomic mass is 9.89. The number of amides is 1. The molecule has 15 heteroatoms. The van der Waals surface area contributed by atoms with Crippen molar-refractivity contribution in [2.75, 3.05) is 10.6 Å². The van der Waals surface area contributed by atoms with Crippen LogP contribution in [-0.4, -0.2) is 51.6 Å².